The topological polar surface area (TPSA) is 131 Å². The van der Waals surface area contributed by atoms with Crippen LogP contribution in [0.25, 0.3) is 27.7 Å². The Kier molecular flexibility index (Phi) is 12.9. The van der Waals surface area contributed by atoms with Crippen LogP contribution < -0.4 is 20.9 Å². The quantitative estimate of drug-likeness (QED) is 0.115. The lowest BCUT2D eigenvalue weighted by Gasteiger charge is -2.43. The average molecular weight is 899 g/mol. The highest BCUT2D eigenvalue weighted by molar-refractivity contribution is 6.01. The standard InChI is InChI=1S/C51H60F2N10O3/c1-31-24-37(25-42(53)48(31)35-15-20-60(21-16-35)33(3)45-27-40-39(12-17-55-49(40)59(45)5)36-6-10-46(54-4)56-28-36)51(66)61-18-13-34(14-19-61)30-62-22-23-63(29-32(62)2)44-9-7-38(26-41(44)52)57-43-8-11-47(64)58-50(43)65/h6-7,9-10,12,15,17,24-28,32-34,43,57H,8,11,13-14,16,18-23,29-30H2,1-5H3,(H,54,56)(H,58,64,65)/t32-,33-,43?/m0/s1. The number of amides is 3. The molecular formula is C51H60F2N10O3. The number of benzene rings is 2. The lowest BCUT2D eigenvalue weighted by atomic mass is 9.92. The molecule has 346 valence electrons. The molecule has 3 N–H and O–H groups in total. The second-order valence-electron chi connectivity index (χ2n) is 18.5. The number of imide groups is 1. The Morgan fingerprint density at radius 2 is 1.76 bits per heavy atom. The fourth-order valence-corrected chi connectivity index (χ4v) is 10.5. The van der Waals surface area contributed by atoms with Crippen LogP contribution in [0.2, 0.25) is 0 Å². The Bertz CT molecular complexity index is 2650. The summed E-state index contributed by atoms with van der Waals surface area (Å²) in [5.74, 6) is -0.263. The van der Waals surface area contributed by atoms with Gasteiger partial charge in [-0.3, -0.25) is 29.5 Å². The number of anilines is 3. The van der Waals surface area contributed by atoms with Gasteiger partial charge in [-0.15, -0.1) is 0 Å². The molecule has 15 heteroatoms. The molecule has 3 aromatic heterocycles. The smallest absolute Gasteiger partial charge is 0.253 e. The molecule has 4 aliphatic heterocycles. The number of halogens is 2. The first-order chi connectivity index (χ1) is 31.8. The van der Waals surface area contributed by atoms with E-state index >= 15 is 8.78 Å². The van der Waals surface area contributed by atoms with E-state index in [0.29, 0.717) is 74.0 Å². The van der Waals surface area contributed by atoms with Gasteiger partial charge in [-0.05, 0) is 124 Å². The van der Waals surface area contributed by atoms with Crippen LogP contribution in [0.15, 0.2) is 73.1 Å². The summed E-state index contributed by atoms with van der Waals surface area (Å²) < 4.78 is 33.6. The molecule has 3 amide bonds. The molecule has 4 aliphatic rings. The summed E-state index contributed by atoms with van der Waals surface area (Å²) in [5, 5.41) is 9.54. The monoisotopic (exact) mass is 898 g/mol. The van der Waals surface area contributed by atoms with Crippen molar-refractivity contribution >= 4 is 51.5 Å². The minimum Gasteiger partial charge on any atom is -0.374 e. The molecule has 3 fully saturated rings. The number of pyridine rings is 2. The zero-order chi connectivity index (χ0) is 46.2. The zero-order valence-electron chi connectivity index (χ0n) is 38.5. The van der Waals surface area contributed by atoms with E-state index in [-0.39, 0.29) is 42.0 Å². The van der Waals surface area contributed by atoms with Crippen LogP contribution in [-0.2, 0) is 16.6 Å². The maximum Gasteiger partial charge on any atom is 0.253 e. The van der Waals surface area contributed by atoms with Crippen molar-refractivity contribution < 1.29 is 23.2 Å². The maximum atomic E-state index is 16.1. The van der Waals surface area contributed by atoms with Gasteiger partial charge in [0.15, 0.2) is 0 Å². The van der Waals surface area contributed by atoms with Crippen molar-refractivity contribution in [3.8, 4) is 11.1 Å². The number of aromatic nitrogens is 3. The van der Waals surface area contributed by atoms with Gasteiger partial charge in [0, 0.05) is 131 Å². The Balaban J connectivity index is 0.768. The van der Waals surface area contributed by atoms with Gasteiger partial charge in [0.2, 0.25) is 11.8 Å². The Hall–Kier alpha value is -6.19. The molecule has 9 rings (SSSR count). The summed E-state index contributed by atoms with van der Waals surface area (Å²) in [6.07, 6.45) is 8.94. The van der Waals surface area contributed by atoms with Crippen LogP contribution in [0.5, 0.6) is 0 Å². The molecule has 0 radical (unpaired) electrons. The number of nitrogens with one attached hydrogen (secondary N) is 3. The molecule has 66 heavy (non-hydrogen) atoms. The lowest BCUT2D eigenvalue weighted by Crippen LogP contribution is -2.54. The third-order valence-electron chi connectivity index (χ3n) is 14.4. The molecule has 0 aliphatic carbocycles. The summed E-state index contributed by atoms with van der Waals surface area (Å²) in [5.41, 5.74) is 7.99. The van der Waals surface area contributed by atoms with Crippen molar-refractivity contribution in [3.63, 3.8) is 0 Å². The lowest BCUT2D eigenvalue weighted by molar-refractivity contribution is -0.133. The highest BCUT2D eigenvalue weighted by Crippen LogP contribution is 2.36. The first-order valence-electron chi connectivity index (χ1n) is 23.3. The number of carbonyl (C=O) groups excluding carboxylic acids is 3. The molecule has 2 aromatic carbocycles. The number of nitrogens with zero attached hydrogens (tertiary/aromatic N) is 7. The predicted molar refractivity (Wildman–Crippen MR) is 255 cm³/mol. The highest BCUT2D eigenvalue weighted by atomic mass is 19.1. The van der Waals surface area contributed by atoms with Crippen LogP contribution in [0, 0.1) is 24.5 Å². The first-order valence-corrected chi connectivity index (χ1v) is 23.3. The van der Waals surface area contributed by atoms with Gasteiger partial charge in [0.05, 0.1) is 5.69 Å². The second kappa shape index (κ2) is 19.0. The Labute approximate surface area is 385 Å². The molecule has 1 unspecified atom stereocenters. The zero-order valence-corrected chi connectivity index (χ0v) is 38.5. The van der Waals surface area contributed by atoms with E-state index in [1.54, 1.807) is 12.1 Å². The third-order valence-corrected chi connectivity index (χ3v) is 14.4. The molecule has 5 aromatic rings. The molecule has 3 saturated heterocycles. The SMILES string of the molecule is CNc1ccc(-c2ccnc3c2cc([C@H](C)N2CC=C(c4c(C)cc(C(=O)N5CCC(CN6CCN(c7ccc(NC8CCC(=O)NC8=O)cc7F)C[C@@H]6C)CC5)cc4F)CC2)n3C)cn1. The number of likely N-dealkylation sites (tertiary alicyclic amines) is 1. The van der Waals surface area contributed by atoms with E-state index in [4.69, 9.17) is 4.98 Å². The molecule has 0 spiro atoms. The van der Waals surface area contributed by atoms with E-state index in [2.05, 4.69) is 79.3 Å². The summed E-state index contributed by atoms with van der Waals surface area (Å²) >= 11 is 0. The molecule has 0 saturated carbocycles. The second-order valence-corrected chi connectivity index (χ2v) is 18.5. The van der Waals surface area contributed by atoms with Crippen LogP contribution in [-0.4, -0.2) is 118 Å². The number of hydrogen-bond acceptors (Lipinski definition) is 10. The number of piperazine rings is 1. The minimum atomic E-state index is -0.572. The summed E-state index contributed by atoms with van der Waals surface area (Å²) in [7, 11) is 3.92. The van der Waals surface area contributed by atoms with E-state index in [1.807, 2.05) is 49.5 Å². The number of hydrogen-bond donors (Lipinski definition) is 3. The van der Waals surface area contributed by atoms with E-state index in [1.165, 1.54) is 12.1 Å². The van der Waals surface area contributed by atoms with Gasteiger partial charge >= 0.3 is 0 Å². The predicted octanol–water partition coefficient (Wildman–Crippen LogP) is 7.39. The number of carbonyl (C=O) groups is 3. The van der Waals surface area contributed by atoms with Crippen LogP contribution >= 0.6 is 0 Å². The number of fused-ring (bicyclic) bond motifs is 1. The van der Waals surface area contributed by atoms with Crippen LogP contribution in [0.4, 0.5) is 26.0 Å². The highest BCUT2D eigenvalue weighted by Gasteiger charge is 2.32. The molecular weight excluding hydrogens is 839 g/mol. The van der Waals surface area contributed by atoms with Gasteiger partial charge < -0.3 is 25.0 Å². The van der Waals surface area contributed by atoms with Crippen molar-refractivity contribution in [1.82, 2.24) is 34.6 Å². The van der Waals surface area contributed by atoms with Gasteiger partial charge in [0.1, 0.15) is 29.1 Å². The van der Waals surface area contributed by atoms with Crippen LogP contribution in [0.1, 0.15) is 79.2 Å². The number of aryl methyl sites for hydroxylation is 2. The third kappa shape index (κ3) is 9.15. The number of rotatable bonds is 11. The fraction of sp³-hybridized carbons (Fsp3) is 0.431. The van der Waals surface area contributed by atoms with Gasteiger partial charge in [-0.25, -0.2) is 18.7 Å². The van der Waals surface area contributed by atoms with Gasteiger partial charge in [-0.1, -0.05) is 6.08 Å². The summed E-state index contributed by atoms with van der Waals surface area (Å²) in [4.78, 5) is 55.5. The van der Waals surface area contributed by atoms with E-state index in [9.17, 15) is 14.4 Å². The maximum absolute atomic E-state index is 16.1. The summed E-state index contributed by atoms with van der Waals surface area (Å²) in [6.45, 7) is 12.1. The summed E-state index contributed by atoms with van der Waals surface area (Å²) in [6, 6.07) is 16.3. The Morgan fingerprint density at radius 1 is 0.939 bits per heavy atom. The first kappa shape index (κ1) is 45.0. The largest absolute Gasteiger partial charge is 0.374 e. The van der Waals surface area contributed by atoms with Crippen molar-refractivity contribution in [2.75, 3.05) is 74.9 Å². The number of piperidine rings is 2. The Morgan fingerprint density at radius 3 is 2.44 bits per heavy atom. The average Bonchev–Trinajstić information content (AvgIpc) is 3.66. The fourth-order valence-electron chi connectivity index (χ4n) is 10.5. The molecule has 0 bridgehead atoms. The molecule has 7 heterocycles. The van der Waals surface area contributed by atoms with Crippen LogP contribution in [0.3, 0.4) is 0 Å². The van der Waals surface area contributed by atoms with E-state index in [0.717, 1.165) is 77.3 Å². The van der Waals surface area contributed by atoms with Gasteiger partial charge in [-0.2, -0.15) is 0 Å². The molecule has 13 nitrogen and oxygen atoms in total. The van der Waals surface area contributed by atoms with Crippen molar-refractivity contribution in [3.05, 3.63) is 107 Å². The normalized spacial score (nSPS) is 20.6. The van der Waals surface area contributed by atoms with E-state index < -0.39 is 11.9 Å². The van der Waals surface area contributed by atoms with Crippen molar-refractivity contribution in [2.24, 2.45) is 13.0 Å². The van der Waals surface area contributed by atoms with Gasteiger partial charge in [0.25, 0.3) is 5.91 Å². The molecule has 3 atom stereocenters. The van der Waals surface area contributed by atoms with Crippen molar-refractivity contribution in [1.29, 1.82) is 0 Å². The minimum absolute atomic E-state index is 0.100. The van der Waals surface area contributed by atoms with Crippen molar-refractivity contribution in [2.45, 2.75) is 71.0 Å².